The number of carbonyl (C=O) groups excluding carboxylic acids is 1. The van der Waals surface area contributed by atoms with Gasteiger partial charge in [-0.3, -0.25) is 10.2 Å². The van der Waals surface area contributed by atoms with Gasteiger partial charge in [-0.15, -0.1) is 0 Å². The lowest BCUT2D eigenvalue weighted by atomic mass is 10.0. The van der Waals surface area contributed by atoms with Crippen LogP contribution in [-0.2, 0) is 24.2 Å². The van der Waals surface area contributed by atoms with E-state index in [1.165, 1.54) is 24.2 Å². The number of hydrogen-bond donors (Lipinski definition) is 2. The Morgan fingerprint density at radius 2 is 2.25 bits per heavy atom. The summed E-state index contributed by atoms with van der Waals surface area (Å²) < 4.78 is 2.16. The van der Waals surface area contributed by atoms with Crippen molar-refractivity contribution in [3.8, 4) is 0 Å². The molecule has 2 rings (SSSR count). The summed E-state index contributed by atoms with van der Waals surface area (Å²) in [6.45, 7) is 2.68. The second-order valence-corrected chi connectivity index (χ2v) is 4.23. The Hall–Kier alpha value is -1.36. The Morgan fingerprint density at radius 3 is 3.00 bits per heavy atom. The molecular formula is C11H18N4O. The normalized spacial score (nSPS) is 14.6. The van der Waals surface area contributed by atoms with Crippen LogP contribution in [0.1, 0.15) is 36.5 Å². The van der Waals surface area contributed by atoms with Gasteiger partial charge in [-0.25, -0.2) is 10.8 Å². The fourth-order valence-electron chi connectivity index (χ4n) is 2.32. The first kappa shape index (κ1) is 11.1. The molecule has 1 aliphatic carbocycles. The zero-order valence-corrected chi connectivity index (χ0v) is 9.62. The molecule has 0 radical (unpaired) electrons. The van der Waals surface area contributed by atoms with Crippen LogP contribution in [0.3, 0.4) is 0 Å². The standard InChI is InChI=1S/C11H18N4O/c1-8-13-9-4-2-3-5-10(9)15(8)7-6-11(16)14-12/h2-7,12H2,1H3,(H,14,16). The molecule has 0 saturated heterocycles. The van der Waals surface area contributed by atoms with Crippen LogP contribution in [0, 0.1) is 6.92 Å². The monoisotopic (exact) mass is 222 g/mol. The van der Waals surface area contributed by atoms with Gasteiger partial charge >= 0.3 is 0 Å². The first-order valence-corrected chi connectivity index (χ1v) is 5.76. The largest absolute Gasteiger partial charge is 0.331 e. The van der Waals surface area contributed by atoms with Gasteiger partial charge in [0.1, 0.15) is 5.82 Å². The van der Waals surface area contributed by atoms with E-state index in [1.54, 1.807) is 0 Å². The van der Waals surface area contributed by atoms with Crippen LogP contribution in [-0.4, -0.2) is 15.5 Å². The molecule has 1 aliphatic rings. The molecule has 1 amide bonds. The summed E-state index contributed by atoms with van der Waals surface area (Å²) >= 11 is 0. The molecule has 5 nitrogen and oxygen atoms in total. The van der Waals surface area contributed by atoms with Crippen molar-refractivity contribution in [2.45, 2.75) is 45.6 Å². The van der Waals surface area contributed by atoms with Crippen LogP contribution in [0.2, 0.25) is 0 Å². The number of nitrogens with two attached hydrogens (primary N) is 1. The highest BCUT2D eigenvalue weighted by molar-refractivity contribution is 5.75. The third kappa shape index (κ3) is 2.09. The van der Waals surface area contributed by atoms with E-state index in [4.69, 9.17) is 5.84 Å². The van der Waals surface area contributed by atoms with E-state index in [9.17, 15) is 4.79 Å². The molecule has 0 aromatic carbocycles. The lowest BCUT2D eigenvalue weighted by Crippen LogP contribution is -2.31. The van der Waals surface area contributed by atoms with Crippen molar-refractivity contribution in [1.82, 2.24) is 15.0 Å². The van der Waals surface area contributed by atoms with Crippen LogP contribution in [0.4, 0.5) is 0 Å². The second-order valence-electron chi connectivity index (χ2n) is 4.23. The highest BCUT2D eigenvalue weighted by Crippen LogP contribution is 2.22. The van der Waals surface area contributed by atoms with Gasteiger partial charge in [-0.1, -0.05) is 0 Å². The van der Waals surface area contributed by atoms with E-state index in [0.29, 0.717) is 13.0 Å². The van der Waals surface area contributed by atoms with Crippen molar-refractivity contribution < 1.29 is 4.79 Å². The summed E-state index contributed by atoms with van der Waals surface area (Å²) in [5.41, 5.74) is 4.69. The molecule has 0 atom stereocenters. The molecule has 3 N–H and O–H groups in total. The summed E-state index contributed by atoms with van der Waals surface area (Å²) in [7, 11) is 0. The number of imidazole rings is 1. The minimum atomic E-state index is -0.127. The van der Waals surface area contributed by atoms with Gasteiger partial charge in [0.25, 0.3) is 0 Å². The van der Waals surface area contributed by atoms with Crippen LogP contribution >= 0.6 is 0 Å². The Bertz CT molecular complexity index is 397. The smallest absolute Gasteiger partial charge is 0.235 e. The first-order chi connectivity index (χ1) is 7.72. The van der Waals surface area contributed by atoms with Gasteiger partial charge in [0.05, 0.1) is 5.69 Å². The van der Waals surface area contributed by atoms with Crippen molar-refractivity contribution in [1.29, 1.82) is 0 Å². The molecule has 0 spiro atoms. The number of hydrazine groups is 1. The molecule has 0 saturated carbocycles. The molecule has 0 fully saturated rings. The maximum atomic E-state index is 11.1. The lowest BCUT2D eigenvalue weighted by Gasteiger charge is -2.14. The molecule has 0 bridgehead atoms. The zero-order valence-electron chi connectivity index (χ0n) is 9.62. The van der Waals surface area contributed by atoms with E-state index < -0.39 is 0 Å². The predicted octanol–water partition coefficient (Wildman–Crippen LogP) is 0.450. The Kier molecular flexibility index (Phi) is 3.24. The number of aryl methyl sites for hydroxylation is 2. The number of nitrogens with one attached hydrogen (secondary N) is 1. The molecule has 0 aliphatic heterocycles. The van der Waals surface area contributed by atoms with Gasteiger partial charge < -0.3 is 4.57 Å². The first-order valence-electron chi connectivity index (χ1n) is 5.76. The van der Waals surface area contributed by atoms with Gasteiger partial charge in [0.2, 0.25) is 5.91 Å². The van der Waals surface area contributed by atoms with Crippen molar-refractivity contribution in [2.75, 3.05) is 0 Å². The fraction of sp³-hybridized carbons (Fsp3) is 0.636. The minimum Gasteiger partial charge on any atom is -0.331 e. The summed E-state index contributed by atoms with van der Waals surface area (Å²) in [6, 6.07) is 0. The Balaban J connectivity index is 2.13. The molecule has 88 valence electrons. The molecule has 16 heavy (non-hydrogen) atoms. The van der Waals surface area contributed by atoms with Crippen LogP contribution in [0.15, 0.2) is 0 Å². The summed E-state index contributed by atoms with van der Waals surface area (Å²) in [5, 5.41) is 0. The number of nitrogens with zero attached hydrogens (tertiary/aromatic N) is 2. The topological polar surface area (TPSA) is 72.9 Å². The molecule has 1 heterocycles. The van der Waals surface area contributed by atoms with Gasteiger partial charge in [0, 0.05) is 18.7 Å². The van der Waals surface area contributed by atoms with Gasteiger partial charge in [-0.2, -0.15) is 0 Å². The highest BCUT2D eigenvalue weighted by Gasteiger charge is 2.17. The molecule has 0 unspecified atom stereocenters. The highest BCUT2D eigenvalue weighted by atomic mass is 16.2. The SMILES string of the molecule is Cc1nc2c(n1CCC(=O)NN)CCCC2. The minimum absolute atomic E-state index is 0.127. The fourth-order valence-corrected chi connectivity index (χ4v) is 2.32. The van der Waals surface area contributed by atoms with Crippen LogP contribution in [0.5, 0.6) is 0 Å². The lowest BCUT2D eigenvalue weighted by molar-refractivity contribution is -0.121. The molecular weight excluding hydrogens is 204 g/mol. The van der Waals surface area contributed by atoms with E-state index in [2.05, 4.69) is 15.0 Å². The number of rotatable bonds is 3. The zero-order chi connectivity index (χ0) is 11.5. The molecule has 1 aromatic heterocycles. The summed E-state index contributed by atoms with van der Waals surface area (Å²) in [4.78, 5) is 15.7. The molecule has 5 heteroatoms. The maximum absolute atomic E-state index is 11.1. The van der Waals surface area contributed by atoms with E-state index in [-0.39, 0.29) is 5.91 Å². The number of fused-ring (bicyclic) bond motifs is 1. The predicted molar refractivity (Wildman–Crippen MR) is 60.6 cm³/mol. The van der Waals surface area contributed by atoms with Crippen molar-refractivity contribution >= 4 is 5.91 Å². The van der Waals surface area contributed by atoms with Crippen LogP contribution < -0.4 is 11.3 Å². The van der Waals surface area contributed by atoms with E-state index >= 15 is 0 Å². The second kappa shape index (κ2) is 4.65. The summed E-state index contributed by atoms with van der Waals surface area (Å²) in [6.07, 6.45) is 5.03. The number of carbonyl (C=O) groups is 1. The van der Waals surface area contributed by atoms with Crippen molar-refractivity contribution in [2.24, 2.45) is 5.84 Å². The van der Waals surface area contributed by atoms with E-state index in [1.807, 2.05) is 6.92 Å². The summed E-state index contributed by atoms with van der Waals surface area (Å²) in [5.74, 6) is 5.95. The molecule has 1 aromatic rings. The quantitative estimate of drug-likeness (QED) is 0.443. The third-order valence-corrected chi connectivity index (χ3v) is 3.15. The third-order valence-electron chi connectivity index (χ3n) is 3.15. The van der Waals surface area contributed by atoms with Crippen LogP contribution in [0.25, 0.3) is 0 Å². The maximum Gasteiger partial charge on any atom is 0.235 e. The number of hydrogen-bond acceptors (Lipinski definition) is 3. The average molecular weight is 222 g/mol. The van der Waals surface area contributed by atoms with Gasteiger partial charge in [-0.05, 0) is 32.6 Å². The number of aromatic nitrogens is 2. The van der Waals surface area contributed by atoms with Crippen molar-refractivity contribution in [3.05, 3.63) is 17.2 Å². The van der Waals surface area contributed by atoms with Gasteiger partial charge in [0.15, 0.2) is 0 Å². The Morgan fingerprint density at radius 1 is 1.50 bits per heavy atom. The Labute approximate surface area is 95.0 Å². The average Bonchev–Trinajstić information content (AvgIpc) is 2.62. The van der Waals surface area contributed by atoms with E-state index in [0.717, 1.165) is 18.7 Å². The van der Waals surface area contributed by atoms with Crippen molar-refractivity contribution in [3.63, 3.8) is 0 Å². The number of amides is 1.